The molecule has 1 unspecified atom stereocenters. The molecular formula is C25H48NNaO4. The van der Waals surface area contributed by atoms with Gasteiger partial charge >= 0.3 is 35.5 Å². The molecule has 0 aliphatic rings. The van der Waals surface area contributed by atoms with Gasteiger partial charge in [-0.15, -0.1) is 0 Å². The Morgan fingerprint density at radius 2 is 1.16 bits per heavy atom. The Bertz CT molecular complexity index is 407. The molecule has 0 saturated heterocycles. The van der Waals surface area contributed by atoms with E-state index in [-0.39, 0.29) is 54.5 Å². The van der Waals surface area contributed by atoms with Gasteiger partial charge in [0.15, 0.2) is 0 Å². The number of nitrogens with one attached hydrogen (secondary N) is 1. The maximum atomic E-state index is 11.7. The van der Waals surface area contributed by atoms with Gasteiger partial charge < -0.3 is 20.0 Å². The molecule has 0 heterocycles. The maximum Gasteiger partial charge on any atom is 1.00 e. The first-order valence-electron chi connectivity index (χ1n) is 12.7. The third-order valence-electron chi connectivity index (χ3n) is 5.56. The van der Waals surface area contributed by atoms with Crippen molar-refractivity contribution in [1.82, 2.24) is 5.32 Å². The van der Waals surface area contributed by atoms with Crippen molar-refractivity contribution in [2.75, 3.05) is 13.1 Å². The molecule has 5 nitrogen and oxygen atoms in total. The third-order valence-corrected chi connectivity index (χ3v) is 5.56. The molecule has 6 heteroatoms. The Labute approximate surface area is 214 Å². The van der Waals surface area contributed by atoms with Gasteiger partial charge in [0.2, 0.25) is 0 Å². The zero-order chi connectivity index (χ0) is 22.3. The van der Waals surface area contributed by atoms with Gasteiger partial charge in [0, 0.05) is 19.1 Å². The summed E-state index contributed by atoms with van der Waals surface area (Å²) in [5, 5.41) is 13.2. The molecule has 1 N–H and O–H groups in total. The fraction of sp³-hybridized carbons (Fsp3) is 0.920. The molecule has 0 saturated carbocycles. The van der Waals surface area contributed by atoms with E-state index in [1.165, 1.54) is 89.9 Å². The summed E-state index contributed by atoms with van der Waals surface area (Å²) in [4.78, 5) is 22.0. The van der Waals surface area contributed by atoms with Crippen LogP contribution in [-0.4, -0.2) is 31.1 Å². The molecule has 0 aromatic carbocycles. The molecule has 0 aromatic rings. The maximum absolute atomic E-state index is 11.7. The predicted molar refractivity (Wildman–Crippen MR) is 122 cm³/mol. The fourth-order valence-electron chi connectivity index (χ4n) is 3.65. The summed E-state index contributed by atoms with van der Waals surface area (Å²) < 4.78 is 5.39. The molecule has 0 amide bonds. The smallest absolute Gasteiger partial charge is 0.550 e. The van der Waals surface area contributed by atoms with Crippen LogP contribution in [0.4, 0.5) is 0 Å². The van der Waals surface area contributed by atoms with Crippen LogP contribution in [0, 0.1) is 0 Å². The second kappa shape index (κ2) is 26.2. The van der Waals surface area contributed by atoms with Crippen LogP contribution >= 0.6 is 0 Å². The molecule has 0 rings (SSSR count). The van der Waals surface area contributed by atoms with Crippen LogP contribution in [0.2, 0.25) is 0 Å². The first kappa shape index (κ1) is 33.1. The van der Waals surface area contributed by atoms with Crippen molar-refractivity contribution in [3.63, 3.8) is 0 Å². The minimum atomic E-state index is -1.08. The van der Waals surface area contributed by atoms with Crippen molar-refractivity contribution in [2.45, 2.75) is 136 Å². The zero-order valence-electron chi connectivity index (χ0n) is 20.9. The van der Waals surface area contributed by atoms with Crippen LogP contribution in [0.25, 0.3) is 0 Å². The number of aliphatic carboxylic acids is 1. The molecule has 0 fully saturated rings. The number of carbonyl (C=O) groups is 2. The largest absolute Gasteiger partial charge is 1.00 e. The minimum absolute atomic E-state index is 0. The molecule has 0 aliphatic carbocycles. The van der Waals surface area contributed by atoms with Gasteiger partial charge in [0.05, 0.1) is 12.5 Å². The Morgan fingerprint density at radius 3 is 1.61 bits per heavy atom. The van der Waals surface area contributed by atoms with E-state index in [1.807, 2.05) is 6.92 Å². The third kappa shape index (κ3) is 27.9. The Hall–Kier alpha value is -0.100. The number of hydrogen-bond donors (Lipinski definition) is 1. The zero-order valence-corrected chi connectivity index (χ0v) is 22.9. The number of hydrogen-bond acceptors (Lipinski definition) is 5. The first-order valence-corrected chi connectivity index (χ1v) is 12.7. The molecule has 0 aliphatic heterocycles. The van der Waals surface area contributed by atoms with E-state index in [1.54, 1.807) is 0 Å². The van der Waals surface area contributed by atoms with Gasteiger partial charge in [0.1, 0.15) is 0 Å². The monoisotopic (exact) mass is 449 g/mol. The van der Waals surface area contributed by atoms with Crippen LogP contribution in [0.5, 0.6) is 0 Å². The van der Waals surface area contributed by atoms with Crippen molar-refractivity contribution in [3.05, 3.63) is 0 Å². The Balaban J connectivity index is 0. The van der Waals surface area contributed by atoms with Gasteiger partial charge in [-0.25, -0.2) is 0 Å². The van der Waals surface area contributed by atoms with Crippen LogP contribution in [0.3, 0.4) is 0 Å². The number of carbonyl (C=O) groups excluding carboxylic acids is 2. The average Bonchev–Trinajstić information content (AvgIpc) is 2.70. The molecule has 0 aromatic heterocycles. The summed E-state index contributed by atoms with van der Waals surface area (Å²) in [6, 6.07) is 0. The van der Waals surface area contributed by atoms with E-state index in [0.29, 0.717) is 13.1 Å². The van der Waals surface area contributed by atoms with Gasteiger partial charge in [-0.2, -0.15) is 0 Å². The Morgan fingerprint density at radius 1 is 0.742 bits per heavy atom. The number of unbranched alkanes of at least 4 members (excludes halogenated alkanes) is 14. The second-order valence-corrected chi connectivity index (χ2v) is 8.66. The summed E-state index contributed by atoms with van der Waals surface area (Å²) in [5.41, 5.74) is 0. The summed E-state index contributed by atoms with van der Waals surface area (Å²) in [7, 11) is 0. The quantitative estimate of drug-likeness (QED) is 0.147. The summed E-state index contributed by atoms with van der Waals surface area (Å²) in [5.74, 6) is -1.30. The van der Waals surface area contributed by atoms with Gasteiger partial charge in [-0.3, -0.25) is 4.79 Å². The second-order valence-electron chi connectivity index (χ2n) is 8.66. The van der Waals surface area contributed by atoms with Crippen LogP contribution in [0.15, 0.2) is 0 Å². The number of rotatable bonds is 23. The molecule has 0 radical (unpaired) electrons. The van der Waals surface area contributed by atoms with Gasteiger partial charge in [-0.05, 0) is 26.2 Å². The van der Waals surface area contributed by atoms with E-state index in [9.17, 15) is 14.7 Å². The van der Waals surface area contributed by atoms with E-state index in [2.05, 4.69) is 12.2 Å². The van der Waals surface area contributed by atoms with Crippen molar-refractivity contribution >= 4 is 11.9 Å². The van der Waals surface area contributed by atoms with Crippen molar-refractivity contribution in [2.24, 2.45) is 0 Å². The normalized spacial score (nSPS) is 11.7. The topological polar surface area (TPSA) is 78.5 Å². The van der Waals surface area contributed by atoms with Crippen LogP contribution < -0.4 is 40.0 Å². The molecule has 0 spiro atoms. The SMILES string of the molecule is CCCCCCCCCCCCCCCCCC(C)OC(=O)CCNCCC(=O)[O-].[Na+]. The molecule has 1 atom stereocenters. The summed E-state index contributed by atoms with van der Waals surface area (Å²) in [6.07, 6.45) is 21.4. The van der Waals surface area contributed by atoms with Crippen molar-refractivity contribution in [3.8, 4) is 0 Å². The van der Waals surface area contributed by atoms with Crippen LogP contribution in [-0.2, 0) is 14.3 Å². The number of esters is 1. The van der Waals surface area contributed by atoms with Crippen molar-refractivity contribution in [1.29, 1.82) is 0 Å². The molecular weight excluding hydrogens is 401 g/mol. The van der Waals surface area contributed by atoms with Gasteiger partial charge in [0.25, 0.3) is 0 Å². The summed E-state index contributed by atoms with van der Waals surface area (Å²) >= 11 is 0. The predicted octanol–water partition coefficient (Wildman–Crippen LogP) is 2.30. The fourth-order valence-corrected chi connectivity index (χ4v) is 3.65. The van der Waals surface area contributed by atoms with E-state index in [4.69, 9.17) is 4.74 Å². The average molecular weight is 450 g/mol. The number of ether oxygens (including phenoxy) is 1. The molecule has 178 valence electrons. The molecule has 31 heavy (non-hydrogen) atoms. The van der Waals surface area contributed by atoms with Crippen LogP contribution in [0.1, 0.15) is 129 Å². The van der Waals surface area contributed by atoms with E-state index >= 15 is 0 Å². The Kier molecular flexibility index (Phi) is 27.9. The summed E-state index contributed by atoms with van der Waals surface area (Å²) in [6.45, 7) is 4.99. The molecule has 0 bridgehead atoms. The standard InChI is InChI=1S/C25H49NO4.Na/c1-3-4-5-6-7-8-9-10-11-12-13-14-15-16-17-18-23(2)30-25(29)20-22-26-21-19-24(27)28;/h23,26H,3-22H2,1-2H3,(H,27,28);/q;+1/p-1. The van der Waals surface area contributed by atoms with Gasteiger partial charge in [-0.1, -0.05) is 96.8 Å². The number of carboxylic acid groups (broad SMARTS) is 1. The first-order chi connectivity index (χ1) is 14.6. The van der Waals surface area contributed by atoms with E-state index < -0.39 is 5.97 Å². The van der Waals surface area contributed by atoms with E-state index in [0.717, 1.165) is 12.8 Å². The van der Waals surface area contributed by atoms with Crippen molar-refractivity contribution < 1.29 is 49.0 Å². The number of carboxylic acids is 1. The minimum Gasteiger partial charge on any atom is -0.550 e.